The minimum absolute atomic E-state index is 0.363. The van der Waals surface area contributed by atoms with Gasteiger partial charge < -0.3 is 9.14 Å². The average Bonchev–Trinajstić information content (AvgIpc) is 2.90. The maximum Gasteiger partial charge on any atom is 0.339 e. The summed E-state index contributed by atoms with van der Waals surface area (Å²) in [6, 6.07) is 11.2. The van der Waals surface area contributed by atoms with Gasteiger partial charge >= 0.3 is 5.97 Å². The molecule has 0 saturated heterocycles. The largest absolute Gasteiger partial charge is 0.465 e. The second kappa shape index (κ2) is 5.58. The lowest BCUT2D eigenvalue weighted by molar-refractivity contribution is 0.0600. The Bertz CT molecular complexity index is 811. The molecule has 0 amide bonds. The van der Waals surface area contributed by atoms with E-state index in [0.717, 1.165) is 21.9 Å². The number of imidazole rings is 1. The molecular formula is C16H13ClN2O2. The van der Waals surface area contributed by atoms with Crippen LogP contribution in [0.25, 0.3) is 5.65 Å². The van der Waals surface area contributed by atoms with E-state index in [9.17, 15) is 4.79 Å². The van der Waals surface area contributed by atoms with Gasteiger partial charge in [-0.1, -0.05) is 29.8 Å². The summed E-state index contributed by atoms with van der Waals surface area (Å²) in [5, 5.41) is 0.727. The number of pyridine rings is 1. The smallest absolute Gasteiger partial charge is 0.339 e. The van der Waals surface area contributed by atoms with Crippen molar-refractivity contribution in [3.63, 3.8) is 0 Å². The number of hydrogen-bond acceptors (Lipinski definition) is 3. The lowest BCUT2D eigenvalue weighted by Gasteiger charge is -2.00. The molecule has 0 aliphatic rings. The molecule has 0 bridgehead atoms. The summed E-state index contributed by atoms with van der Waals surface area (Å²) in [5.41, 5.74) is 3.19. The summed E-state index contributed by atoms with van der Waals surface area (Å²) >= 11 is 6.16. The highest BCUT2D eigenvalue weighted by Crippen LogP contribution is 2.19. The Hall–Kier alpha value is -2.33. The van der Waals surface area contributed by atoms with E-state index in [-0.39, 0.29) is 5.97 Å². The van der Waals surface area contributed by atoms with Gasteiger partial charge in [0.2, 0.25) is 0 Å². The fraction of sp³-hybridized carbons (Fsp3) is 0.125. The number of carbonyl (C=O) groups excluding carboxylic acids is 1. The summed E-state index contributed by atoms with van der Waals surface area (Å²) < 4.78 is 6.53. The van der Waals surface area contributed by atoms with Crippen molar-refractivity contribution < 1.29 is 9.53 Å². The molecule has 0 radical (unpaired) electrons. The Kier molecular flexibility index (Phi) is 3.62. The molecule has 3 aromatic rings. The van der Waals surface area contributed by atoms with Gasteiger partial charge in [0.1, 0.15) is 5.65 Å². The number of aromatic nitrogens is 2. The molecule has 0 atom stereocenters. The summed E-state index contributed by atoms with van der Waals surface area (Å²) in [5.74, 6) is -0.363. The highest BCUT2D eigenvalue weighted by atomic mass is 35.5. The van der Waals surface area contributed by atoms with Gasteiger partial charge in [-0.05, 0) is 23.8 Å². The van der Waals surface area contributed by atoms with Crippen molar-refractivity contribution in [1.82, 2.24) is 9.38 Å². The molecule has 4 nitrogen and oxygen atoms in total. The maximum absolute atomic E-state index is 11.5. The van der Waals surface area contributed by atoms with E-state index in [0.29, 0.717) is 12.0 Å². The van der Waals surface area contributed by atoms with Crippen molar-refractivity contribution in [2.24, 2.45) is 0 Å². The summed E-state index contributed by atoms with van der Waals surface area (Å²) in [6.07, 6.45) is 4.25. The number of benzene rings is 1. The molecule has 0 saturated carbocycles. The molecule has 0 aliphatic carbocycles. The van der Waals surface area contributed by atoms with Gasteiger partial charge in [0.05, 0.1) is 18.4 Å². The van der Waals surface area contributed by atoms with Crippen LogP contribution in [0.5, 0.6) is 0 Å². The number of methoxy groups -OCH3 is 1. The van der Waals surface area contributed by atoms with Crippen LogP contribution in [-0.2, 0) is 11.2 Å². The monoisotopic (exact) mass is 300 g/mol. The first-order valence-corrected chi connectivity index (χ1v) is 6.84. The molecule has 3 rings (SSSR count). The highest BCUT2D eigenvalue weighted by molar-refractivity contribution is 6.31. The van der Waals surface area contributed by atoms with Crippen LogP contribution in [0.2, 0.25) is 5.02 Å². The van der Waals surface area contributed by atoms with E-state index in [1.807, 2.05) is 34.9 Å². The van der Waals surface area contributed by atoms with Crippen molar-refractivity contribution >= 4 is 23.2 Å². The molecule has 2 heterocycles. The number of rotatable bonds is 3. The Labute approximate surface area is 126 Å². The summed E-state index contributed by atoms with van der Waals surface area (Å²) in [7, 11) is 1.36. The number of fused-ring (bicyclic) bond motifs is 1. The van der Waals surface area contributed by atoms with Crippen LogP contribution in [0.15, 0.2) is 48.8 Å². The standard InChI is InChI=1S/C16H13ClN2O2/c1-21-16(20)12-6-7-15-18-13(10-19(15)9-12)8-11-4-2-3-5-14(11)17/h2-7,9-10H,8H2,1H3. The van der Waals surface area contributed by atoms with Crippen LogP contribution in [0.1, 0.15) is 21.6 Å². The van der Waals surface area contributed by atoms with Crippen molar-refractivity contribution in [3.8, 4) is 0 Å². The molecular weight excluding hydrogens is 288 g/mol. The number of carbonyl (C=O) groups is 1. The van der Waals surface area contributed by atoms with E-state index < -0.39 is 0 Å². The first-order chi connectivity index (χ1) is 10.2. The first-order valence-electron chi connectivity index (χ1n) is 6.47. The molecule has 1 aromatic carbocycles. The van der Waals surface area contributed by atoms with E-state index in [1.165, 1.54) is 7.11 Å². The molecule has 0 spiro atoms. The van der Waals surface area contributed by atoms with Gasteiger partial charge in [0.15, 0.2) is 0 Å². The molecule has 0 fully saturated rings. The SMILES string of the molecule is COC(=O)c1ccc2nc(Cc3ccccc3Cl)cn2c1. The molecule has 0 unspecified atom stereocenters. The maximum atomic E-state index is 11.5. The van der Waals surface area contributed by atoms with Gasteiger partial charge in [-0.15, -0.1) is 0 Å². The average molecular weight is 301 g/mol. The van der Waals surface area contributed by atoms with Crippen LogP contribution in [0.4, 0.5) is 0 Å². The van der Waals surface area contributed by atoms with Crippen molar-refractivity contribution in [2.75, 3.05) is 7.11 Å². The third kappa shape index (κ3) is 2.76. The first kappa shape index (κ1) is 13.6. The number of ether oxygens (including phenoxy) is 1. The number of esters is 1. The third-order valence-corrected chi connectivity index (χ3v) is 3.62. The van der Waals surface area contributed by atoms with Gasteiger partial charge in [-0.25, -0.2) is 9.78 Å². The topological polar surface area (TPSA) is 43.6 Å². The van der Waals surface area contributed by atoms with Crippen molar-refractivity contribution in [2.45, 2.75) is 6.42 Å². The predicted molar refractivity (Wildman–Crippen MR) is 80.8 cm³/mol. The zero-order valence-corrected chi connectivity index (χ0v) is 12.2. The molecule has 106 valence electrons. The molecule has 21 heavy (non-hydrogen) atoms. The molecule has 0 N–H and O–H groups in total. The van der Waals surface area contributed by atoms with Crippen LogP contribution >= 0.6 is 11.6 Å². The Morgan fingerprint density at radius 1 is 1.24 bits per heavy atom. The number of halogens is 1. The van der Waals surface area contributed by atoms with E-state index in [4.69, 9.17) is 16.3 Å². The second-order valence-corrected chi connectivity index (χ2v) is 5.08. The minimum Gasteiger partial charge on any atom is -0.465 e. The van der Waals surface area contributed by atoms with Crippen LogP contribution in [-0.4, -0.2) is 22.5 Å². The third-order valence-electron chi connectivity index (χ3n) is 3.25. The highest BCUT2D eigenvalue weighted by Gasteiger charge is 2.09. The van der Waals surface area contributed by atoms with Crippen molar-refractivity contribution in [3.05, 3.63) is 70.6 Å². The van der Waals surface area contributed by atoms with E-state index >= 15 is 0 Å². The fourth-order valence-electron chi connectivity index (χ4n) is 2.21. The van der Waals surface area contributed by atoms with Crippen LogP contribution in [0.3, 0.4) is 0 Å². The van der Waals surface area contributed by atoms with Gasteiger partial charge in [-0.2, -0.15) is 0 Å². The Morgan fingerprint density at radius 3 is 2.81 bits per heavy atom. The van der Waals surface area contributed by atoms with Gasteiger partial charge in [-0.3, -0.25) is 0 Å². The molecule has 0 aliphatic heterocycles. The summed E-state index contributed by atoms with van der Waals surface area (Å²) in [6.45, 7) is 0. The predicted octanol–water partition coefficient (Wildman–Crippen LogP) is 3.37. The van der Waals surface area contributed by atoms with Gasteiger partial charge in [0.25, 0.3) is 0 Å². The normalized spacial score (nSPS) is 10.8. The molecule has 2 aromatic heterocycles. The second-order valence-electron chi connectivity index (χ2n) is 4.68. The zero-order valence-electron chi connectivity index (χ0n) is 11.4. The van der Waals surface area contributed by atoms with E-state index in [2.05, 4.69) is 4.98 Å². The number of hydrogen-bond donors (Lipinski definition) is 0. The lowest BCUT2D eigenvalue weighted by atomic mass is 10.1. The minimum atomic E-state index is -0.363. The summed E-state index contributed by atoms with van der Waals surface area (Å²) in [4.78, 5) is 16.1. The van der Waals surface area contributed by atoms with E-state index in [1.54, 1.807) is 18.3 Å². The zero-order chi connectivity index (χ0) is 14.8. The Balaban J connectivity index is 1.94. The Morgan fingerprint density at radius 2 is 2.05 bits per heavy atom. The van der Waals surface area contributed by atoms with Gasteiger partial charge in [0, 0.05) is 23.8 Å². The fourth-order valence-corrected chi connectivity index (χ4v) is 2.41. The van der Waals surface area contributed by atoms with Crippen LogP contribution < -0.4 is 0 Å². The van der Waals surface area contributed by atoms with Crippen molar-refractivity contribution in [1.29, 1.82) is 0 Å². The lowest BCUT2D eigenvalue weighted by Crippen LogP contribution is -2.02. The molecule has 5 heteroatoms. The number of nitrogens with zero attached hydrogens (tertiary/aromatic N) is 2. The van der Waals surface area contributed by atoms with Crippen LogP contribution in [0, 0.1) is 0 Å². The quantitative estimate of drug-likeness (QED) is 0.697.